The van der Waals surface area contributed by atoms with E-state index in [9.17, 15) is 4.79 Å². The fourth-order valence-electron chi connectivity index (χ4n) is 1.50. The third-order valence-electron chi connectivity index (χ3n) is 2.43. The van der Waals surface area contributed by atoms with Crippen LogP contribution >= 0.6 is 11.8 Å². The van der Waals surface area contributed by atoms with E-state index in [4.69, 9.17) is 10.8 Å². The molecule has 0 bridgehead atoms. The van der Waals surface area contributed by atoms with E-state index in [0.717, 1.165) is 12.2 Å². The zero-order chi connectivity index (χ0) is 12.8. The highest BCUT2D eigenvalue weighted by Crippen LogP contribution is 2.20. The van der Waals surface area contributed by atoms with Crippen LogP contribution in [0.4, 0.5) is 11.4 Å². The summed E-state index contributed by atoms with van der Waals surface area (Å²) >= 11 is 1.78. The average Bonchev–Trinajstić information content (AvgIpc) is 2.28. The van der Waals surface area contributed by atoms with Gasteiger partial charge < -0.3 is 16.2 Å². The molecule has 1 rings (SSSR count). The van der Waals surface area contributed by atoms with Gasteiger partial charge in [0, 0.05) is 17.4 Å². The molecule has 1 aromatic rings. The highest BCUT2D eigenvalue weighted by molar-refractivity contribution is 7.98. The quantitative estimate of drug-likeness (QED) is 0.680. The summed E-state index contributed by atoms with van der Waals surface area (Å²) in [6, 6.07) is 5.14. The van der Waals surface area contributed by atoms with Gasteiger partial charge in [0.15, 0.2) is 0 Å². The van der Waals surface area contributed by atoms with Crippen molar-refractivity contribution in [3.05, 3.63) is 23.8 Å². The van der Waals surface area contributed by atoms with Crippen molar-refractivity contribution in [2.24, 2.45) is 0 Å². The minimum Gasteiger partial charge on any atom is -0.478 e. The van der Waals surface area contributed by atoms with E-state index >= 15 is 0 Å². The van der Waals surface area contributed by atoms with Gasteiger partial charge in [0.25, 0.3) is 0 Å². The van der Waals surface area contributed by atoms with Gasteiger partial charge in [-0.25, -0.2) is 4.79 Å². The summed E-state index contributed by atoms with van der Waals surface area (Å²) in [7, 11) is 0. The topological polar surface area (TPSA) is 75.3 Å². The number of thioether (sulfide) groups is 1. The molecule has 0 aliphatic carbocycles. The Morgan fingerprint density at radius 1 is 1.59 bits per heavy atom. The van der Waals surface area contributed by atoms with Crippen molar-refractivity contribution in [2.75, 3.05) is 23.1 Å². The molecule has 0 aliphatic heterocycles. The van der Waals surface area contributed by atoms with E-state index in [1.807, 2.05) is 6.92 Å². The summed E-state index contributed by atoms with van der Waals surface area (Å²) in [5.74, 6) is 0.0859. The average molecular weight is 254 g/mol. The molecule has 0 heterocycles. The lowest BCUT2D eigenvalue weighted by Gasteiger charge is -2.16. The lowest BCUT2D eigenvalue weighted by atomic mass is 10.1. The second-order valence-electron chi connectivity index (χ2n) is 3.94. The Morgan fingerprint density at radius 2 is 2.29 bits per heavy atom. The van der Waals surface area contributed by atoms with Crippen molar-refractivity contribution in [1.29, 1.82) is 0 Å². The van der Waals surface area contributed by atoms with Gasteiger partial charge in [0.05, 0.1) is 5.56 Å². The van der Waals surface area contributed by atoms with Crippen LogP contribution in [-0.2, 0) is 0 Å². The molecule has 0 aliphatic rings. The van der Waals surface area contributed by atoms with Crippen molar-refractivity contribution >= 4 is 29.1 Å². The zero-order valence-corrected chi connectivity index (χ0v) is 10.9. The van der Waals surface area contributed by atoms with Crippen molar-refractivity contribution in [3.63, 3.8) is 0 Å². The second kappa shape index (κ2) is 6.39. The fourth-order valence-corrected chi connectivity index (χ4v) is 2.09. The summed E-state index contributed by atoms with van der Waals surface area (Å²) in [5, 5.41) is 12.3. The van der Waals surface area contributed by atoms with E-state index in [-0.39, 0.29) is 11.6 Å². The molecule has 1 unspecified atom stereocenters. The van der Waals surface area contributed by atoms with Crippen molar-refractivity contribution in [2.45, 2.75) is 19.4 Å². The molecule has 1 atom stereocenters. The summed E-state index contributed by atoms with van der Waals surface area (Å²) in [5.41, 5.74) is 6.89. The van der Waals surface area contributed by atoms with Crippen LogP contribution in [0.15, 0.2) is 18.2 Å². The third-order valence-corrected chi connectivity index (χ3v) is 3.07. The van der Waals surface area contributed by atoms with Gasteiger partial charge in [-0.3, -0.25) is 0 Å². The molecule has 0 radical (unpaired) electrons. The molecule has 5 heteroatoms. The van der Waals surface area contributed by atoms with Gasteiger partial charge in [0.1, 0.15) is 0 Å². The summed E-state index contributed by atoms with van der Waals surface area (Å²) in [6.45, 7) is 2.04. The number of nitrogen functional groups attached to an aromatic ring is 1. The number of rotatable bonds is 6. The summed E-state index contributed by atoms with van der Waals surface area (Å²) in [4.78, 5) is 11.1. The first-order valence-corrected chi connectivity index (χ1v) is 6.82. The number of nitrogens with one attached hydrogen (secondary N) is 1. The van der Waals surface area contributed by atoms with E-state index in [1.54, 1.807) is 23.9 Å². The highest BCUT2D eigenvalue weighted by Gasteiger charge is 2.12. The molecule has 0 spiro atoms. The molecule has 0 aromatic heterocycles. The molecular formula is C12H18N2O2S. The maximum atomic E-state index is 11.1. The monoisotopic (exact) mass is 254 g/mol. The first kappa shape index (κ1) is 13.7. The van der Waals surface area contributed by atoms with Crippen LogP contribution in [0.25, 0.3) is 0 Å². The van der Waals surface area contributed by atoms with Crippen LogP contribution in [0.5, 0.6) is 0 Å². The number of anilines is 2. The Balaban J connectivity index is 2.79. The highest BCUT2D eigenvalue weighted by atomic mass is 32.2. The van der Waals surface area contributed by atoms with Gasteiger partial charge in [-0.05, 0) is 43.6 Å². The lowest BCUT2D eigenvalue weighted by Crippen LogP contribution is -2.18. The second-order valence-corrected chi connectivity index (χ2v) is 4.92. The number of carboxylic acid groups (broad SMARTS) is 1. The maximum absolute atomic E-state index is 11.1. The Kier molecular flexibility index (Phi) is 5.15. The Hall–Kier alpha value is -1.36. The molecular weight excluding hydrogens is 236 g/mol. The van der Waals surface area contributed by atoms with Crippen LogP contribution in [0, 0.1) is 0 Å². The van der Waals surface area contributed by atoms with Crippen molar-refractivity contribution in [3.8, 4) is 0 Å². The first-order chi connectivity index (χ1) is 8.04. The molecule has 1 aromatic carbocycles. The van der Waals surface area contributed by atoms with Crippen LogP contribution < -0.4 is 11.1 Å². The number of carboxylic acids is 1. The van der Waals surface area contributed by atoms with E-state index in [0.29, 0.717) is 11.4 Å². The lowest BCUT2D eigenvalue weighted by molar-refractivity contribution is 0.0698. The SMILES string of the molecule is CSCCC(C)Nc1ccc(N)cc1C(=O)O. The fraction of sp³-hybridized carbons (Fsp3) is 0.417. The summed E-state index contributed by atoms with van der Waals surface area (Å²) in [6.07, 6.45) is 3.04. The smallest absolute Gasteiger partial charge is 0.337 e. The molecule has 94 valence electrons. The van der Waals surface area contributed by atoms with Gasteiger partial charge in [0.2, 0.25) is 0 Å². The number of benzene rings is 1. The molecule has 0 amide bonds. The van der Waals surface area contributed by atoms with Crippen LogP contribution in [-0.4, -0.2) is 29.1 Å². The Morgan fingerprint density at radius 3 is 2.88 bits per heavy atom. The van der Waals surface area contributed by atoms with Crippen molar-refractivity contribution < 1.29 is 9.90 Å². The zero-order valence-electron chi connectivity index (χ0n) is 10.1. The molecule has 4 nitrogen and oxygen atoms in total. The number of nitrogens with two attached hydrogens (primary N) is 1. The summed E-state index contributed by atoms with van der Waals surface area (Å²) < 4.78 is 0. The van der Waals surface area contributed by atoms with Crippen LogP contribution in [0.1, 0.15) is 23.7 Å². The Labute approximate surface area is 106 Å². The molecule has 0 saturated heterocycles. The number of hydrogen-bond acceptors (Lipinski definition) is 4. The number of carbonyl (C=O) groups is 1. The first-order valence-electron chi connectivity index (χ1n) is 5.43. The van der Waals surface area contributed by atoms with E-state index in [2.05, 4.69) is 11.6 Å². The van der Waals surface area contributed by atoms with Crippen LogP contribution in [0.2, 0.25) is 0 Å². The van der Waals surface area contributed by atoms with Gasteiger partial charge in [-0.15, -0.1) is 0 Å². The maximum Gasteiger partial charge on any atom is 0.337 e. The molecule has 0 saturated carbocycles. The molecule has 17 heavy (non-hydrogen) atoms. The number of aromatic carboxylic acids is 1. The third kappa shape index (κ3) is 4.19. The largest absolute Gasteiger partial charge is 0.478 e. The Bertz CT molecular complexity index is 396. The molecule has 0 fully saturated rings. The number of hydrogen-bond donors (Lipinski definition) is 3. The van der Waals surface area contributed by atoms with E-state index < -0.39 is 5.97 Å². The normalized spacial score (nSPS) is 12.1. The van der Waals surface area contributed by atoms with Gasteiger partial charge in [-0.1, -0.05) is 0 Å². The van der Waals surface area contributed by atoms with Crippen LogP contribution in [0.3, 0.4) is 0 Å². The van der Waals surface area contributed by atoms with E-state index in [1.165, 1.54) is 6.07 Å². The predicted octanol–water partition coefficient (Wildman–Crippen LogP) is 2.52. The minimum absolute atomic E-state index is 0.223. The van der Waals surface area contributed by atoms with Crippen molar-refractivity contribution in [1.82, 2.24) is 0 Å². The minimum atomic E-state index is -0.961. The van der Waals surface area contributed by atoms with Gasteiger partial charge >= 0.3 is 5.97 Å². The predicted molar refractivity (Wildman–Crippen MR) is 73.9 cm³/mol. The molecule has 4 N–H and O–H groups in total. The van der Waals surface area contributed by atoms with Gasteiger partial charge in [-0.2, -0.15) is 11.8 Å². The standard InChI is InChI=1S/C12H18N2O2S/c1-8(5-6-17-2)14-11-4-3-9(13)7-10(11)12(15)16/h3-4,7-8,14H,5-6,13H2,1-2H3,(H,15,16).